The number of hydrogen-bond donors (Lipinski definition) is 3. The molecule has 252 valence electrons. The highest BCUT2D eigenvalue weighted by Crippen LogP contribution is 2.19. The van der Waals surface area contributed by atoms with Gasteiger partial charge in [0.1, 0.15) is 30.5 Å². The molecule has 0 bridgehead atoms. The number of primary amides is 1. The Hall–Kier alpha value is -4.96. The number of halogens is 6. The van der Waals surface area contributed by atoms with Crippen LogP contribution in [0.2, 0.25) is 0 Å². The van der Waals surface area contributed by atoms with Crippen molar-refractivity contribution in [3.05, 3.63) is 95.7 Å². The summed E-state index contributed by atoms with van der Waals surface area (Å²) in [6, 6.07) is 25.5. The van der Waals surface area contributed by atoms with E-state index in [0.29, 0.717) is 17.1 Å². The summed E-state index contributed by atoms with van der Waals surface area (Å²) in [5, 5.41) is 25.6. The molecular formula is C31H31F6N5O5. The number of hydrogen-bond acceptors (Lipinski definition) is 6. The lowest BCUT2D eigenvalue weighted by Gasteiger charge is -2.28. The van der Waals surface area contributed by atoms with E-state index in [1.54, 1.807) is 11.0 Å². The maximum absolute atomic E-state index is 11.7. The maximum Gasteiger partial charge on any atom is 0.430 e. The number of carboxylic acids is 2. The first-order valence-corrected chi connectivity index (χ1v) is 14.2. The van der Waals surface area contributed by atoms with E-state index < -0.39 is 30.2 Å². The summed E-state index contributed by atoms with van der Waals surface area (Å²) in [4.78, 5) is 30.9. The van der Waals surface area contributed by atoms with Crippen LogP contribution in [-0.4, -0.2) is 59.1 Å². The van der Waals surface area contributed by atoms with Gasteiger partial charge in [-0.3, -0.25) is 4.79 Å². The minimum Gasteiger partial charge on any atom is -0.542 e. The summed E-state index contributed by atoms with van der Waals surface area (Å²) >= 11 is 0. The zero-order valence-electron chi connectivity index (χ0n) is 24.7. The minimum atomic E-state index is -5.19. The largest absolute Gasteiger partial charge is 0.542 e. The van der Waals surface area contributed by atoms with E-state index in [1.807, 2.05) is 23.0 Å². The van der Waals surface area contributed by atoms with Crippen LogP contribution in [0, 0.1) is 0 Å². The Morgan fingerprint density at radius 3 is 1.89 bits per heavy atom. The molecule has 1 fully saturated rings. The molecule has 0 atom stereocenters. The summed E-state index contributed by atoms with van der Waals surface area (Å²) in [5.74, 6) is -6.47. The third-order valence-corrected chi connectivity index (χ3v) is 7.19. The first kappa shape index (κ1) is 36.5. The van der Waals surface area contributed by atoms with Crippen molar-refractivity contribution < 1.29 is 61.2 Å². The molecular weight excluding hydrogens is 636 g/mol. The lowest BCUT2D eigenvalue weighted by atomic mass is 10.0. The molecule has 5 N–H and O–H groups in total. The van der Waals surface area contributed by atoms with E-state index in [1.165, 1.54) is 37.1 Å². The molecule has 1 aromatic heterocycles. The quantitative estimate of drug-likeness (QED) is 0.236. The molecule has 0 spiro atoms. The number of alkyl halides is 6. The van der Waals surface area contributed by atoms with Gasteiger partial charge >= 0.3 is 12.4 Å². The summed E-state index contributed by atoms with van der Waals surface area (Å²) in [6.45, 7) is 4.62. The van der Waals surface area contributed by atoms with Crippen LogP contribution >= 0.6 is 0 Å². The van der Waals surface area contributed by atoms with E-state index in [2.05, 4.69) is 65.0 Å². The van der Waals surface area contributed by atoms with Crippen LogP contribution in [0.3, 0.4) is 0 Å². The number of nitrogens with two attached hydrogens (primary N) is 2. The molecule has 1 aliphatic rings. The molecule has 1 amide bonds. The number of nitrogens with one attached hydrogen (secondary N) is 1. The topological polar surface area (TPSA) is 162 Å². The third-order valence-electron chi connectivity index (χ3n) is 7.19. The van der Waals surface area contributed by atoms with E-state index in [-0.39, 0.29) is 0 Å². The number of carbonyl (C=O) groups is 3. The molecule has 0 unspecified atom stereocenters. The number of carboxylic acid groups (broad SMARTS) is 2. The Labute approximate surface area is 264 Å². The van der Waals surface area contributed by atoms with Crippen molar-refractivity contribution in [1.29, 1.82) is 0 Å². The molecule has 0 saturated carbocycles. The van der Waals surface area contributed by atoms with Crippen LogP contribution in [0.1, 0.15) is 34.3 Å². The number of rotatable bonds is 7. The standard InChI is InChI=1S/C27H29N5O.2C2HF3O2/c28-27(33)25-8-4-7-22-19-32(30-26(22)25)24-11-9-20(10-12-24)17-29-23-13-15-31(16-14-23)18-21-5-2-1-3-6-21;2*3-2(4,5)1(6)7/h1-12,19,23,29H,13-18H2,(H2,28,33);2*(H,6,7). The van der Waals surface area contributed by atoms with Crippen LogP contribution in [0.4, 0.5) is 26.3 Å². The van der Waals surface area contributed by atoms with Crippen molar-refractivity contribution in [1.82, 2.24) is 9.78 Å². The van der Waals surface area contributed by atoms with Gasteiger partial charge in [-0.05, 0) is 18.2 Å². The number of fused-ring (bicyclic) bond motifs is 1. The molecule has 10 nitrogen and oxygen atoms in total. The van der Waals surface area contributed by atoms with Crippen LogP contribution in [0.25, 0.3) is 16.6 Å². The smallest absolute Gasteiger partial charge is 0.430 e. The lowest BCUT2D eigenvalue weighted by molar-refractivity contribution is -0.926. The average molecular weight is 668 g/mol. The normalized spacial score (nSPS) is 16.3. The second kappa shape index (κ2) is 16.0. The van der Waals surface area contributed by atoms with Crippen LogP contribution in [0.15, 0.2) is 79.0 Å². The highest BCUT2D eigenvalue weighted by Gasteiger charge is 2.29. The van der Waals surface area contributed by atoms with Crippen molar-refractivity contribution >= 4 is 28.7 Å². The Morgan fingerprint density at radius 1 is 0.830 bits per heavy atom. The maximum atomic E-state index is 11.7. The zero-order chi connectivity index (χ0) is 34.8. The fourth-order valence-electron chi connectivity index (χ4n) is 4.81. The molecule has 1 saturated heterocycles. The average Bonchev–Trinajstić information content (AvgIpc) is 3.46. The molecule has 0 radical (unpaired) electrons. The first-order valence-electron chi connectivity index (χ1n) is 14.2. The van der Waals surface area contributed by atoms with E-state index >= 15 is 0 Å². The van der Waals surface area contributed by atoms with E-state index in [4.69, 9.17) is 25.5 Å². The Bertz CT molecular complexity index is 1610. The number of carbonyl (C=O) groups excluding carboxylic acids is 3. The number of aliphatic carboxylic acids is 2. The molecule has 5 rings (SSSR count). The highest BCUT2D eigenvalue weighted by atomic mass is 19.4. The van der Waals surface area contributed by atoms with Gasteiger partial charge in [-0.15, -0.1) is 0 Å². The number of benzene rings is 3. The Morgan fingerprint density at radius 2 is 1.38 bits per heavy atom. The summed E-state index contributed by atoms with van der Waals surface area (Å²) in [7, 11) is 0. The third kappa shape index (κ3) is 11.4. The van der Waals surface area contributed by atoms with E-state index in [0.717, 1.165) is 24.2 Å². The van der Waals surface area contributed by atoms with Crippen LogP contribution in [-0.2, 0) is 22.7 Å². The fraction of sp³-hybridized carbons (Fsp3) is 0.290. The van der Waals surface area contributed by atoms with Crippen molar-refractivity contribution in [2.45, 2.75) is 44.3 Å². The number of nitrogens with zero attached hydrogens (tertiary/aromatic N) is 2. The fourth-order valence-corrected chi connectivity index (χ4v) is 4.81. The summed E-state index contributed by atoms with van der Waals surface area (Å²) < 4.78 is 64.9. The SMILES string of the molecule is NC(=O)c1cccc2cn(-c3ccc(C[NH2+]C4CC[NH+](Cc5ccccc5)CC4)cc3)nc12.O=C([O-])C(F)(F)F.O=C([O-])C(F)(F)F. The number of amides is 1. The van der Waals surface area contributed by atoms with Gasteiger partial charge < -0.3 is 35.8 Å². The molecule has 47 heavy (non-hydrogen) atoms. The number of aromatic nitrogens is 2. The monoisotopic (exact) mass is 667 g/mol. The molecule has 2 heterocycles. The molecule has 4 aromatic rings. The first-order chi connectivity index (χ1) is 22.0. The van der Waals surface area contributed by atoms with Crippen LogP contribution < -0.4 is 26.2 Å². The number of likely N-dealkylation sites (tertiary alicyclic amines) is 1. The van der Waals surface area contributed by atoms with Gasteiger partial charge in [0.2, 0.25) is 0 Å². The Kier molecular flexibility index (Phi) is 12.5. The molecule has 3 aromatic carbocycles. The second-order valence-corrected chi connectivity index (χ2v) is 10.6. The van der Waals surface area contributed by atoms with Crippen LogP contribution in [0.5, 0.6) is 0 Å². The zero-order valence-corrected chi connectivity index (χ0v) is 24.7. The number of quaternary nitrogens is 2. The number of piperidine rings is 1. The van der Waals surface area contributed by atoms with Crippen molar-refractivity contribution in [3.8, 4) is 5.69 Å². The van der Waals surface area contributed by atoms with Crippen molar-refractivity contribution in [2.24, 2.45) is 5.73 Å². The summed E-state index contributed by atoms with van der Waals surface area (Å²) in [6.07, 6.45) is -5.92. The molecule has 1 aliphatic heterocycles. The highest BCUT2D eigenvalue weighted by molar-refractivity contribution is 6.04. The Balaban J connectivity index is 0.000000360. The predicted octanol–water partition coefficient (Wildman–Crippen LogP) is 0.0325. The lowest BCUT2D eigenvalue weighted by Crippen LogP contribution is -3.13. The summed E-state index contributed by atoms with van der Waals surface area (Å²) in [5.41, 5.74) is 10.3. The van der Waals surface area contributed by atoms with Crippen molar-refractivity contribution in [3.63, 3.8) is 0 Å². The van der Waals surface area contributed by atoms with Gasteiger partial charge in [0.05, 0.1) is 30.4 Å². The van der Waals surface area contributed by atoms with Crippen molar-refractivity contribution in [2.75, 3.05) is 13.1 Å². The van der Waals surface area contributed by atoms with Gasteiger partial charge in [0, 0.05) is 35.6 Å². The minimum absolute atomic E-state index is 0.453. The molecule has 16 heteroatoms. The van der Waals surface area contributed by atoms with Gasteiger partial charge in [0.25, 0.3) is 5.91 Å². The molecule has 0 aliphatic carbocycles. The van der Waals surface area contributed by atoms with E-state index in [9.17, 15) is 31.1 Å². The van der Waals surface area contributed by atoms with Gasteiger partial charge in [-0.1, -0.05) is 54.6 Å². The van der Waals surface area contributed by atoms with Gasteiger partial charge in [-0.2, -0.15) is 31.4 Å². The van der Waals surface area contributed by atoms with Gasteiger partial charge in [-0.25, -0.2) is 4.68 Å². The predicted molar refractivity (Wildman–Crippen MR) is 151 cm³/mol. The second-order valence-electron chi connectivity index (χ2n) is 10.6. The van der Waals surface area contributed by atoms with Gasteiger partial charge in [0.15, 0.2) is 0 Å².